The highest BCUT2D eigenvalue weighted by atomic mass is 32.1. The summed E-state index contributed by atoms with van der Waals surface area (Å²) >= 11 is 1.72. The second kappa shape index (κ2) is 6.18. The van der Waals surface area contributed by atoms with E-state index in [4.69, 9.17) is 4.74 Å². The first kappa shape index (κ1) is 14.0. The van der Waals surface area contributed by atoms with Gasteiger partial charge in [0, 0.05) is 7.11 Å². The lowest BCUT2D eigenvalue weighted by molar-refractivity contribution is -0.130. The fourth-order valence-corrected chi connectivity index (χ4v) is 3.63. The van der Waals surface area contributed by atoms with E-state index in [-0.39, 0.29) is 11.7 Å². The number of hydrogen-bond donors (Lipinski definition) is 1. The molecule has 0 aliphatic heterocycles. The van der Waals surface area contributed by atoms with Crippen LogP contribution in [0.1, 0.15) is 44.6 Å². The Morgan fingerprint density at radius 2 is 2.22 bits per heavy atom. The first-order chi connectivity index (χ1) is 8.66. The molecule has 1 aliphatic carbocycles. The molecule has 1 aromatic heterocycles. The number of hydrogen-bond acceptors (Lipinski definition) is 3. The van der Waals surface area contributed by atoms with Crippen LogP contribution in [0.5, 0.6) is 0 Å². The minimum Gasteiger partial charge on any atom is -0.390 e. The van der Waals surface area contributed by atoms with Crippen molar-refractivity contribution in [1.82, 2.24) is 0 Å². The van der Waals surface area contributed by atoms with E-state index in [1.165, 1.54) is 18.4 Å². The van der Waals surface area contributed by atoms with E-state index in [2.05, 4.69) is 23.8 Å². The first-order valence-electron chi connectivity index (χ1n) is 6.90. The predicted octanol–water partition coefficient (Wildman–Crippen LogP) is 3.64. The number of aryl methyl sites for hydroxylation is 1. The predicted molar refractivity (Wildman–Crippen MR) is 76.0 cm³/mol. The van der Waals surface area contributed by atoms with E-state index in [9.17, 15) is 5.11 Å². The van der Waals surface area contributed by atoms with Crippen LogP contribution in [-0.4, -0.2) is 23.9 Å². The average Bonchev–Trinajstić information content (AvgIpc) is 2.90. The van der Waals surface area contributed by atoms with Crippen LogP contribution in [0.3, 0.4) is 0 Å². The van der Waals surface area contributed by atoms with E-state index in [1.54, 1.807) is 18.4 Å². The molecule has 1 unspecified atom stereocenters. The van der Waals surface area contributed by atoms with Crippen LogP contribution in [0.25, 0.3) is 0 Å². The molecular weight excluding hydrogens is 244 g/mol. The molecule has 102 valence electrons. The number of ether oxygens (including phenoxy) is 1. The Hall–Kier alpha value is -0.380. The maximum atomic E-state index is 10.5. The van der Waals surface area contributed by atoms with Gasteiger partial charge in [-0.05, 0) is 66.8 Å². The van der Waals surface area contributed by atoms with Gasteiger partial charge in [0.05, 0.1) is 11.7 Å². The van der Waals surface area contributed by atoms with Crippen molar-refractivity contribution in [3.8, 4) is 0 Å². The van der Waals surface area contributed by atoms with Crippen LogP contribution in [0, 0.1) is 5.92 Å². The molecule has 1 heterocycles. The van der Waals surface area contributed by atoms with Crippen LogP contribution < -0.4 is 0 Å². The van der Waals surface area contributed by atoms with Crippen LogP contribution in [0.2, 0.25) is 0 Å². The van der Waals surface area contributed by atoms with Crippen molar-refractivity contribution in [1.29, 1.82) is 0 Å². The van der Waals surface area contributed by atoms with Gasteiger partial charge in [0.25, 0.3) is 0 Å². The van der Waals surface area contributed by atoms with Crippen molar-refractivity contribution in [2.45, 2.75) is 57.2 Å². The molecule has 0 radical (unpaired) electrons. The third-order valence-electron chi connectivity index (χ3n) is 4.42. The highest BCUT2D eigenvalue weighted by molar-refractivity contribution is 7.07. The number of aliphatic hydroxyl groups excluding tert-OH is 1. The molecule has 3 heteroatoms. The summed E-state index contributed by atoms with van der Waals surface area (Å²) in [6, 6.07) is 2.14. The molecular formula is C15H24O2S. The minimum atomic E-state index is -0.338. The van der Waals surface area contributed by atoms with Crippen molar-refractivity contribution in [3.05, 3.63) is 22.4 Å². The largest absolute Gasteiger partial charge is 0.390 e. The van der Waals surface area contributed by atoms with Crippen molar-refractivity contribution >= 4 is 11.3 Å². The third-order valence-corrected chi connectivity index (χ3v) is 5.15. The van der Waals surface area contributed by atoms with Gasteiger partial charge in [-0.25, -0.2) is 0 Å². The molecule has 1 aromatic rings. The van der Waals surface area contributed by atoms with Crippen molar-refractivity contribution in [3.63, 3.8) is 0 Å². The Labute approximate surface area is 114 Å². The number of aliphatic hydroxyl groups is 1. The first-order valence-corrected chi connectivity index (χ1v) is 7.85. The summed E-state index contributed by atoms with van der Waals surface area (Å²) in [6.07, 6.45) is 5.75. The lowest BCUT2D eigenvalue weighted by Gasteiger charge is -2.41. The summed E-state index contributed by atoms with van der Waals surface area (Å²) < 4.78 is 5.71. The van der Waals surface area contributed by atoms with Crippen LogP contribution in [-0.2, 0) is 11.2 Å². The van der Waals surface area contributed by atoms with Gasteiger partial charge in [-0.3, -0.25) is 0 Å². The molecule has 1 N–H and O–H groups in total. The lowest BCUT2D eigenvalue weighted by Crippen LogP contribution is -2.47. The summed E-state index contributed by atoms with van der Waals surface area (Å²) in [5.74, 6) is 0.775. The smallest absolute Gasteiger partial charge is 0.0936 e. The average molecular weight is 268 g/mol. The molecule has 0 bridgehead atoms. The van der Waals surface area contributed by atoms with E-state index < -0.39 is 0 Å². The quantitative estimate of drug-likeness (QED) is 0.883. The summed E-state index contributed by atoms with van der Waals surface area (Å²) in [5, 5.41) is 14.7. The molecule has 0 saturated heterocycles. The standard InChI is InChI=1S/C15H24O2S/c1-12-5-8-15(17-2,9-6-12)14(16)4-3-13-7-10-18-11-13/h7,10-12,14,16H,3-6,8-9H2,1-2H3. The maximum Gasteiger partial charge on any atom is 0.0936 e. The van der Waals surface area contributed by atoms with Gasteiger partial charge >= 0.3 is 0 Å². The number of rotatable bonds is 5. The van der Waals surface area contributed by atoms with Crippen molar-refractivity contribution in [2.75, 3.05) is 7.11 Å². The van der Waals surface area contributed by atoms with Gasteiger partial charge in [-0.1, -0.05) is 6.92 Å². The molecule has 0 aromatic carbocycles. The summed E-state index contributed by atoms with van der Waals surface area (Å²) in [5.41, 5.74) is 1.04. The van der Waals surface area contributed by atoms with E-state index in [0.29, 0.717) is 0 Å². The Kier molecular flexibility index (Phi) is 4.82. The van der Waals surface area contributed by atoms with Crippen molar-refractivity contribution < 1.29 is 9.84 Å². The topological polar surface area (TPSA) is 29.5 Å². The lowest BCUT2D eigenvalue weighted by atomic mass is 9.75. The summed E-state index contributed by atoms with van der Waals surface area (Å²) in [6.45, 7) is 2.29. The third kappa shape index (κ3) is 3.14. The van der Waals surface area contributed by atoms with E-state index in [1.807, 2.05) is 0 Å². The molecule has 1 saturated carbocycles. The fourth-order valence-electron chi connectivity index (χ4n) is 2.93. The monoisotopic (exact) mass is 268 g/mol. The van der Waals surface area contributed by atoms with Crippen LogP contribution >= 0.6 is 11.3 Å². The van der Waals surface area contributed by atoms with E-state index >= 15 is 0 Å². The molecule has 2 nitrogen and oxygen atoms in total. The van der Waals surface area contributed by atoms with E-state index in [0.717, 1.165) is 31.6 Å². The molecule has 0 spiro atoms. The second-order valence-electron chi connectivity index (χ2n) is 5.64. The van der Waals surface area contributed by atoms with Gasteiger partial charge < -0.3 is 9.84 Å². The molecule has 2 rings (SSSR count). The Balaban J connectivity index is 1.90. The summed E-state index contributed by atoms with van der Waals surface area (Å²) in [4.78, 5) is 0. The molecule has 1 atom stereocenters. The molecule has 18 heavy (non-hydrogen) atoms. The summed E-state index contributed by atoms with van der Waals surface area (Å²) in [7, 11) is 1.75. The van der Waals surface area contributed by atoms with Gasteiger partial charge in [0.15, 0.2) is 0 Å². The van der Waals surface area contributed by atoms with Crippen LogP contribution in [0.15, 0.2) is 16.8 Å². The van der Waals surface area contributed by atoms with Gasteiger partial charge in [-0.15, -0.1) is 0 Å². The van der Waals surface area contributed by atoms with Gasteiger partial charge in [-0.2, -0.15) is 11.3 Å². The Morgan fingerprint density at radius 1 is 1.50 bits per heavy atom. The van der Waals surface area contributed by atoms with Gasteiger partial charge in [0.1, 0.15) is 0 Å². The fraction of sp³-hybridized carbons (Fsp3) is 0.733. The Bertz CT molecular complexity index is 339. The number of methoxy groups -OCH3 is 1. The maximum absolute atomic E-state index is 10.5. The molecule has 1 aliphatic rings. The zero-order valence-corrected chi connectivity index (χ0v) is 12.2. The Morgan fingerprint density at radius 3 is 2.78 bits per heavy atom. The second-order valence-corrected chi connectivity index (χ2v) is 6.42. The molecule has 0 amide bonds. The van der Waals surface area contributed by atoms with Crippen LogP contribution in [0.4, 0.5) is 0 Å². The number of thiophene rings is 1. The zero-order valence-electron chi connectivity index (χ0n) is 11.4. The normalized spacial score (nSPS) is 30.3. The SMILES string of the molecule is COC1(C(O)CCc2ccsc2)CCC(C)CC1. The highest BCUT2D eigenvalue weighted by Crippen LogP contribution is 2.38. The highest BCUT2D eigenvalue weighted by Gasteiger charge is 2.40. The molecule has 1 fully saturated rings. The minimum absolute atomic E-state index is 0.289. The zero-order chi connectivity index (χ0) is 13.0. The van der Waals surface area contributed by atoms with Crippen molar-refractivity contribution in [2.24, 2.45) is 5.92 Å². The van der Waals surface area contributed by atoms with Gasteiger partial charge in [0.2, 0.25) is 0 Å².